The monoisotopic (exact) mass is 425 g/mol. The van der Waals surface area contributed by atoms with Gasteiger partial charge in [0.25, 0.3) is 0 Å². The van der Waals surface area contributed by atoms with Gasteiger partial charge in [-0.2, -0.15) is 0 Å². The number of nitrogens with zero attached hydrogens (tertiary/aromatic N) is 1. The van der Waals surface area contributed by atoms with Crippen molar-refractivity contribution in [3.63, 3.8) is 0 Å². The maximum atomic E-state index is 12.7. The number of fused-ring (bicyclic) bond motifs is 1. The third kappa shape index (κ3) is 4.99. The first-order chi connectivity index (χ1) is 11.1. The van der Waals surface area contributed by atoms with Gasteiger partial charge in [-0.05, 0) is 31.0 Å². The van der Waals surface area contributed by atoms with Gasteiger partial charge in [0.1, 0.15) is 17.6 Å². The molecule has 0 unspecified atom stereocenters. The molecule has 138 valence electrons. The van der Waals surface area contributed by atoms with E-state index in [9.17, 15) is 4.39 Å². The zero-order chi connectivity index (χ0) is 16.4. The lowest BCUT2D eigenvalue weighted by molar-refractivity contribution is 0.428. The predicted octanol–water partition coefficient (Wildman–Crippen LogP) is 5.15. The Bertz CT molecular complexity index is 811. The van der Waals surface area contributed by atoms with Crippen molar-refractivity contribution in [2.75, 3.05) is 12.0 Å². The summed E-state index contributed by atoms with van der Waals surface area (Å²) in [6, 6.07) is 5.05. The van der Waals surface area contributed by atoms with E-state index in [4.69, 9.17) is 21.8 Å². The van der Waals surface area contributed by atoms with Gasteiger partial charge < -0.3 is 15.5 Å². The lowest BCUT2D eigenvalue weighted by Crippen LogP contribution is -2.24. The lowest BCUT2D eigenvalue weighted by Gasteiger charge is -2.06. The number of furan rings is 1. The molecule has 25 heavy (non-hydrogen) atoms. The largest absolute Gasteiger partial charge is 0.467 e. The molecule has 3 aromatic heterocycles. The van der Waals surface area contributed by atoms with E-state index < -0.39 is 12.7 Å². The molecule has 9 heteroatoms. The zero-order valence-corrected chi connectivity index (χ0v) is 16.6. The van der Waals surface area contributed by atoms with E-state index in [1.165, 1.54) is 0 Å². The molecular formula is C16H19Cl3FN3OS. The number of anilines is 1. The minimum atomic E-state index is -0.536. The first kappa shape index (κ1) is 22.0. The van der Waals surface area contributed by atoms with E-state index in [1.54, 1.807) is 23.7 Å². The van der Waals surface area contributed by atoms with Gasteiger partial charge in [-0.1, -0.05) is 11.6 Å². The van der Waals surface area contributed by atoms with Gasteiger partial charge in [0.15, 0.2) is 0 Å². The maximum Gasteiger partial charge on any atom is 0.131 e. The van der Waals surface area contributed by atoms with Crippen molar-refractivity contribution in [2.45, 2.75) is 25.9 Å². The normalized spacial score (nSPS) is 11.7. The number of aromatic nitrogens is 1. The van der Waals surface area contributed by atoms with Crippen molar-refractivity contribution in [3.8, 4) is 0 Å². The molecule has 0 aliphatic heterocycles. The second kappa shape index (κ2) is 9.59. The Balaban J connectivity index is 0.00000156. The van der Waals surface area contributed by atoms with Gasteiger partial charge in [-0.15, -0.1) is 36.2 Å². The van der Waals surface area contributed by atoms with Crippen LogP contribution < -0.4 is 11.1 Å². The molecule has 0 bridgehead atoms. The fourth-order valence-corrected chi connectivity index (χ4v) is 3.93. The lowest BCUT2D eigenvalue weighted by atomic mass is 10.1. The quantitative estimate of drug-likeness (QED) is 0.535. The second-order valence-electron chi connectivity index (χ2n) is 5.37. The minimum Gasteiger partial charge on any atom is -0.467 e. The summed E-state index contributed by atoms with van der Waals surface area (Å²) in [5.74, 6) is 0.832. The number of aryl methyl sites for hydroxylation is 1. The molecular weight excluding hydrogens is 408 g/mol. The molecule has 0 amide bonds. The molecule has 0 aliphatic rings. The minimum absolute atomic E-state index is 0. The van der Waals surface area contributed by atoms with E-state index >= 15 is 0 Å². The highest BCUT2D eigenvalue weighted by atomic mass is 35.5. The summed E-state index contributed by atoms with van der Waals surface area (Å²) in [5.41, 5.74) is 8.49. The summed E-state index contributed by atoms with van der Waals surface area (Å²) in [6.07, 6.45) is 2.14. The molecule has 0 radical (unpaired) electrons. The van der Waals surface area contributed by atoms with Crippen molar-refractivity contribution < 1.29 is 8.81 Å². The number of halogens is 4. The first-order valence-electron chi connectivity index (χ1n) is 7.24. The van der Waals surface area contributed by atoms with Crippen LogP contribution in [0.4, 0.5) is 10.1 Å². The van der Waals surface area contributed by atoms with E-state index in [0.717, 1.165) is 32.1 Å². The van der Waals surface area contributed by atoms with Crippen molar-refractivity contribution in [3.05, 3.63) is 45.8 Å². The van der Waals surface area contributed by atoms with Gasteiger partial charge in [0, 0.05) is 17.0 Å². The Morgan fingerprint density at radius 3 is 2.84 bits per heavy atom. The average Bonchev–Trinajstić information content (AvgIpc) is 3.15. The Kier molecular flexibility index (Phi) is 8.44. The first-order valence-corrected chi connectivity index (χ1v) is 8.44. The number of hydrogen-bond donors (Lipinski definition) is 2. The van der Waals surface area contributed by atoms with Crippen LogP contribution in [0, 0.1) is 6.92 Å². The maximum absolute atomic E-state index is 12.7. The van der Waals surface area contributed by atoms with Crippen molar-refractivity contribution in [1.82, 2.24) is 4.98 Å². The van der Waals surface area contributed by atoms with Crippen molar-refractivity contribution in [2.24, 2.45) is 5.73 Å². The van der Waals surface area contributed by atoms with Crippen LogP contribution in [0.1, 0.15) is 16.2 Å². The Morgan fingerprint density at radius 1 is 1.44 bits per heavy atom. The molecule has 3 aromatic rings. The van der Waals surface area contributed by atoms with Crippen LogP contribution in [0.5, 0.6) is 0 Å². The summed E-state index contributed by atoms with van der Waals surface area (Å²) >= 11 is 7.72. The SMILES string of the molecule is Cc1c(C[C@H](N)CF)sc2c(NCc3ccco3)cc(Cl)nc12.Cl.Cl. The van der Waals surface area contributed by atoms with Crippen LogP contribution >= 0.6 is 47.8 Å². The van der Waals surface area contributed by atoms with Crippen LogP contribution in [-0.4, -0.2) is 17.7 Å². The van der Waals surface area contributed by atoms with Gasteiger partial charge in [-0.3, -0.25) is 0 Å². The summed E-state index contributed by atoms with van der Waals surface area (Å²) in [7, 11) is 0. The number of nitrogens with two attached hydrogens (primary N) is 1. The number of nitrogens with one attached hydrogen (secondary N) is 1. The van der Waals surface area contributed by atoms with Gasteiger partial charge >= 0.3 is 0 Å². The summed E-state index contributed by atoms with van der Waals surface area (Å²) in [4.78, 5) is 5.46. The third-order valence-corrected chi connectivity index (χ3v) is 5.15. The highest BCUT2D eigenvalue weighted by Gasteiger charge is 2.16. The fraction of sp³-hybridized carbons (Fsp3) is 0.312. The van der Waals surface area contributed by atoms with E-state index in [1.807, 2.05) is 19.1 Å². The van der Waals surface area contributed by atoms with Gasteiger partial charge in [0.2, 0.25) is 0 Å². The van der Waals surface area contributed by atoms with Crippen molar-refractivity contribution in [1.29, 1.82) is 0 Å². The van der Waals surface area contributed by atoms with Crippen LogP contribution in [0.25, 0.3) is 10.2 Å². The van der Waals surface area contributed by atoms with Gasteiger partial charge in [-0.25, -0.2) is 9.37 Å². The molecule has 0 spiro atoms. The molecule has 0 saturated heterocycles. The molecule has 0 aromatic carbocycles. The number of hydrogen-bond acceptors (Lipinski definition) is 5. The van der Waals surface area contributed by atoms with E-state index in [0.29, 0.717) is 18.1 Å². The number of rotatable bonds is 6. The highest BCUT2D eigenvalue weighted by molar-refractivity contribution is 7.19. The Morgan fingerprint density at radius 2 is 2.20 bits per heavy atom. The molecule has 0 fully saturated rings. The second-order valence-corrected chi connectivity index (χ2v) is 6.86. The third-order valence-electron chi connectivity index (χ3n) is 3.62. The molecule has 1 atom stereocenters. The van der Waals surface area contributed by atoms with Crippen LogP contribution in [0.15, 0.2) is 28.9 Å². The smallest absolute Gasteiger partial charge is 0.131 e. The Labute approximate surface area is 166 Å². The zero-order valence-electron chi connectivity index (χ0n) is 13.4. The molecule has 0 aliphatic carbocycles. The van der Waals surface area contributed by atoms with Crippen molar-refractivity contribution >= 4 is 63.7 Å². The highest BCUT2D eigenvalue weighted by Crippen LogP contribution is 2.37. The number of thiophene rings is 1. The molecule has 3 rings (SSSR count). The summed E-state index contributed by atoms with van der Waals surface area (Å²) < 4.78 is 19.0. The predicted molar refractivity (Wildman–Crippen MR) is 108 cm³/mol. The topological polar surface area (TPSA) is 64.1 Å². The van der Waals surface area contributed by atoms with Crippen LogP contribution in [-0.2, 0) is 13.0 Å². The Hall–Kier alpha value is -1.05. The molecule has 0 saturated carbocycles. The number of pyridine rings is 1. The standard InChI is InChI=1S/C16H17ClFN3OS.2ClH/c1-9-13(5-10(19)7-18)23-16-12(6-14(17)21-15(9)16)20-8-11-3-2-4-22-11;;/h2-4,6,10H,5,7-8,19H2,1H3,(H,20,21);2*1H/t10-;;/m0../s1. The average molecular weight is 427 g/mol. The molecule has 3 N–H and O–H groups in total. The summed E-state index contributed by atoms with van der Waals surface area (Å²) in [5, 5.41) is 3.74. The fourth-order valence-electron chi connectivity index (χ4n) is 2.41. The summed E-state index contributed by atoms with van der Waals surface area (Å²) in [6.45, 7) is 1.99. The molecule has 4 nitrogen and oxygen atoms in total. The van der Waals surface area contributed by atoms with E-state index in [2.05, 4.69) is 10.3 Å². The molecule has 3 heterocycles. The van der Waals surface area contributed by atoms with Crippen LogP contribution in [0.2, 0.25) is 5.15 Å². The van der Waals surface area contributed by atoms with Crippen LogP contribution in [0.3, 0.4) is 0 Å². The number of alkyl halides is 1. The van der Waals surface area contributed by atoms with Gasteiger partial charge in [0.05, 0.1) is 28.7 Å². The van der Waals surface area contributed by atoms with E-state index in [-0.39, 0.29) is 24.8 Å².